The summed E-state index contributed by atoms with van der Waals surface area (Å²) >= 11 is 0. The Morgan fingerprint density at radius 2 is 2.14 bits per heavy atom. The second-order valence-electron chi connectivity index (χ2n) is 3.39. The van der Waals surface area contributed by atoms with Crippen LogP contribution in [0.5, 0.6) is 0 Å². The van der Waals surface area contributed by atoms with E-state index in [0.717, 1.165) is 0 Å². The van der Waals surface area contributed by atoms with Crippen molar-refractivity contribution in [2.45, 2.75) is 25.8 Å². The van der Waals surface area contributed by atoms with Gasteiger partial charge in [0.2, 0.25) is 0 Å². The highest BCUT2D eigenvalue weighted by molar-refractivity contribution is 6.08. The molecule has 1 fully saturated rings. The van der Waals surface area contributed by atoms with Gasteiger partial charge in [-0.15, -0.1) is 0 Å². The van der Waals surface area contributed by atoms with E-state index in [9.17, 15) is 19.5 Å². The minimum absolute atomic E-state index is 0.215. The number of rotatable bonds is 3. The molecule has 0 spiro atoms. The van der Waals surface area contributed by atoms with Crippen LogP contribution in [0.15, 0.2) is 0 Å². The highest BCUT2D eigenvalue weighted by Crippen LogP contribution is 2.23. The summed E-state index contributed by atoms with van der Waals surface area (Å²) in [5, 5.41) is 15.0. The van der Waals surface area contributed by atoms with Crippen molar-refractivity contribution in [3.05, 3.63) is 0 Å². The van der Waals surface area contributed by atoms with Gasteiger partial charge in [-0.25, -0.2) is 4.79 Å². The van der Waals surface area contributed by atoms with Crippen molar-refractivity contribution in [1.29, 1.82) is 0 Å². The zero-order valence-corrected chi connectivity index (χ0v) is 7.92. The average Bonchev–Trinajstić information content (AvgIpc) is 2.26. The van der Waals surface area contributed by atoms with Crippen LogP contribution in [-0.4, -0.2) is 23.4 Å². The number of carbonyl (C=O) groups is 3. The van der Waals surface area contributed by atoms with Gasteiger partial charge in [0.05, 0.1) is 0 Å². The second kappa shape index (κ2) is 3.28. The lowest BCUT2D eigenvalue weighted by atomic mass is 9.84. The van der Waals surface area contributed by atoms with Crippen LogP contribution >= 0.6 is 0 Å². The fourth-order valence-corrected chi connectivity index (χ4v) is 1.61. The number of amides is 3. The molecule has 1 aliphatic heterocycles. The van der Waals surface area contributed by atoms with Crippen LogP contribution in [-0.2, 0) is 9.59 Å². The van der Waals surface area contributed by atoms with Gasteiger partial charge in [0.15, 0.2) is 0 Å². The first-order chi connectivity index (χ1) is 6.41. The Morgan fingerprint density at radius 1 is 1.57 bits per heavy atom. The van der Waals surface area contributed by atoms with E-state index < -0.39 is 29.4 Å². The summed E-state index contributed by atoms with van der Waals surface area (Å²) in [4.78, 5) is 32.9. The third-order valence-electron chi connectivity index (χ3n) is 2.46. The molecule has 14 heavy (non-hydrogen) atoms. The minimum Gasteiger partial charge on any atom is -0.550 e. The molecular weight excluding hydrogens is 188 g/mol. The Balaban J connectivity index is 2.98. The monoisotopic (exact) mass is 199 g/mol. The summed E-state index contributed by atoms with van der Waals surface area (Å²) in [5.41, 5.74) is -1.40. The van der Waals surface area contributed by atoms with Gasteiger partial charge in [-0.1, -0.05) is 6.92 Å². The quantitative estimate of drug-likeness (QED) is 0.532. The number of hydrogen-bond acceptors (Lipinski definition) is 4. The molecule has 0 bridgehead atoms. The van der Waals surface area contributed by atoms with E-state index in [4.69, 9.17) is 0 Å². The largest absolute Gasteiger partial charge is 0.550 e. The van der Waals surface area contributed by atoms with Crippen molar-refractivity contribution < 1.29 is 19.5 Å². The van der Waals surface area contributed by atoms with Crippen LogP contribution in [0, 0.1) is 5.92 Å². The lowest BCUT2D eigenvalue weighted by Gasteiger charge is -2.30. The van der Waals surface area contributed by atoms with Gasteiger partial charge in [0.1, 0.15) is 5.54 Å². The number of carboxylic acids is 1. The molecule has 2 atom stereocenters. The van der Waals surface area contributed by atoms with Crippen molar-refractivity contribution in [2.75, 3.05) is 0 Å². The Bertz CT molecular complexity index is 302. The number of aliphatic carboxylic acids is 1. The number of imide groups is 1. The van der Waals surface area contributed by atoms with Crippen LogP contribution in [0.2, 0.25) is 0 Å². The maximum Gasteiger partial charge on any atom is 0.322 e. The van der Waals surface area contributed by atoms with Gasteiger partial charge in [-0.3, -0.25) is 10.1 Å². The van der Waals surface area contributed by atoms with Crippen LogP contribution in [0.25, 0.3) is 0 Å². The summed E-state index contributed by atoms with van der Waals surface area (Å²) < 4.78 is 0. The van der Waals surface area contributed by atoms with E-state index >= 15 is 0 Å². The van der Waals surface area contributed by atoms with Gasteiger partial charge in [0.25, 0.3) is 5.91 Å². The van der Waals surface area contributed by atoms with Crippen LogP contribution in [0.4, 0.5) is 4.79 Å². The van der Waals surface area contributed by atoms with Gasteiger partial charge < -0.3 is 15.2 Å². The van der Waals surface area contributed by atoms with Crippen molar-refractivity contribution in [2.24, 2.45) is 5.92 Å². The van der Waals surface area contributed by atoms with Gasteiger partial charge in [-0.2, -0.15) is 0 Å². The molecule has 0 saturated carbocycles. The fraction of sp³-hybridized carbons (Fsp3) is 0.625. The maximum absolute atomic E-state index is 11.3. The number of carboxylic acid groups (broad SMARTS) is 1. The number of carbonyl (C=O) groups excluding carboxylic acids is 3. The predicted molar refractivity (Wildman–Crippen MR) is 43.9 cm³/mol. The molecular formula is C8H11N2O4-. The third-order valence-corrected chi connectivity index (χ3v) is 2.46. The van der Waals surface area contributed by atoms with Crippen molar-refractivity contribution >= 4 is 17.9 Å². The number of nitrogens with one attached hydrogen (secondary N) is 2. The highest BCUT2D eigenvalue weighted by Gasteiger charge is 2.47. The Labute approximate surface area is 80.7 Å². The number of hydrogen-bond donors (Lipinski definition) is 2. The topological polar surface area (TPSA) is 98.3 Å². The predicted octanol–water partition coefficient (Wildman–Crippen LogP) is -1.64. The van der Waals surface area contributed by atoms with E-state index in [-0.39, 0.29) is 6.42 Å². The van der Waals surface area contributed by atoms with E-state index in [2.05, 4.69) is 5.32 Å². The van der Waals surface area contributed by atoms with E-state index in [1.54, 1.807) is 6.92 Å². The van der Waals surface area contributed by atoms with Gasteiger partial charge >= 0.3 is 6.03 Å². The molecule has 2 unspecified atom stereocenters. The first-order valence-electron chi connectivity index (χ1n) is 4.26. The molecule has 1 heterocycles. The Hall–Kier alpha value is -1.59. The normalized spacial score (nSPS) is 28.1. The summed E-state index contributed by atoms with van der Waals surface area (Å²) in [5.74, 6) is -2.99. The summed E-state index contributed by atoms with van der Waals surface area (Å²) in [7, 11) is 0. The molecule has 0 aromatic carbocycles. The molecule has 2 N–H and O–H groups in total. The van der Waals surface area contributed by atoms with Gasteiger partial charge in [0, 0.05) is 11.9 Å². The molecule has 1 saturated heterocycles. The van der Waals surface area contributed by atoms with Crippen LogP contribution < -0.4 is 15.7 Å². The average molecular weight is 199 g/mol. The summed E-state index contributed by atoms with van der Waals surface area (Å²) in [6.45, 7) is 2.99. The van der Waals surface area contributed by atoms with Crippen LogP contribution in [0.3, 0.4) is 0 Å². The Morgan fingerprint density at radius 3 is 2.43 bits per heavy atom. The fourth-order valence-electron chi connectivity index (χ4n) is 1.61. The molecule has 6 nitrogen and oxygen atoms in total. The summed E-state index contributed by atoms with van der Waals surface area (Å²) in [6, 6.07) is -0.669. The number of urea groups is 1. The smallest absolute Gasteiger partial charge is 0.322 e. The highest BCUT2D eigenvalue weighted by atomic mass is 16.4. The van der Waals surface area contributed by atoms with Crippen molar-refractivity contribution in [1.82, 2.24) is 10.6 Å². The third kappa shape index (κ3) is 1.43. The molecule has 0 aromatic heterocycles. The maximum atomic E-state index is 11.3. The molecule has 0 radical (unpaired) electrons. The first kappa shape index (κ1) is 10.5. The minimum atomic E-state index is -1.40. The summed E-state index contributed by atoms with van der Waals surface area (Å²) in [6.07, 6.45) is 0.215. The van der Waals surface area contributed by atoms with Gasteiger partial charge in [-0.05, 0) is 13.3 Å². The zero-order chi connectivity index (χ0) is 10.9. The van der Waals surface area contributed by atoms with E-state index in [0.29, 0.717) is 0 Å². The Kier molecular flexibility index (Phi) is 2.46. The standard InChI is InChI=1S/C8H12N2O4/c1-3-4(5(11)12)8(2)6(13)9-7(14)10-8/h4H,3H2,1-2H3,(H,11,12)(H2,9,10,13,14)/p-1. The molecule has 6 heteroatoms. The lowest BCUT2D eigenvalue weighted by molar-refractivity contribution is -0.313. The molecule has 0 aromatic rings. The molecule has 78 valence electrons. The van der Waals surface area contributed by atoms with Crippen LogP contribution in [0.1, 0.15) is 20.3 Å². The molecule has 1 rings (SSSR count). The second-order valence-corrected chi connectivity index (χ2v) is 3.39. The SMILES string of the molecule is CCC(C(=O)[O-])C1(C)NC(=O)NC1=O. The van der Waals surface area contributed by atoms with E-state index in [1.807, 2.05) is 5.32 Å². The van der Waals surface area contributed by atoms with Crippen molar-refractivity contribution in [3.8, 4) is 0 Å². The molecule has 0 aliphatic carbocycles. The van der Waals surface area contributed by atoms with E-state index in [1.165, 1.54) is 6.92 Å². The lowest BCUT2D eigenvalue weighted by Crippen LogP contribution is -2.56. The molecule has 3 amide bonds. The zero-order valence-electron chi connectivity index (χ0n) is 7.92. The molecule has 1 aliphatic rings. The first-order valence-corrected chi connectivity index (χ1v) is 4.26. The van der Waals surface area contributed by atoms with Crippen molar-refractivity contribution in [3.63, 3.8) is 0 Å².